The molecule has 14 heteroatoms. The topological polar surface area (TPSA) is 158 Å². The zero-order chi connectivity index (χ0) is 35.1. The van der Waals surface area contributed by atoms with E-state index in [9.17, 15) is 24.5 Å². The third-order valence-electron chi connectivity index (χ3n) is 7.38. The number of thiazole rings is 1. The summed E-state index contributed by atoms with van der Waals surface area (Å²) in [7, 11) is 1.26. The highest BCUT2D eigenvalue weighted by molar-refractivity contribution is 7.07. The first kappa shape index (κ1) is 34.6. The summed E-state index contributed by atoms with van der Waals surface area (Å²) in [6, 6.07) is 17.4. The van der Waals surface area contributed by atoms with E-state index in [0.717, 1.165) is 5.56 Å². The number of nitrogens with zero attached hydrogens (tertiary/aromatic N) is 3. The number of ether oxygens (including phenoxy) is 5. The molecule has 0 bridgehead atoms. The summed E-state index contributed by atoms with van der Waals surface area (Å²) in [6.07, 6.45) is 1.73. The number of nitro benzene ring substituents is 1. The monoisotopic (exact) mass is 687 g/mol. The largest absolute Gasteiger partial charge is 0.490 e. The lowest BCUT2D eigenvalue weighted by atomic mass is 9.95. The summed E-state index contributed by atoms with van der Waals surface area (Å²) >= 11 is 1.18. The maximum absolute atomic E-state index is 14.1. The Morgan fingerprint density at radius 1 is 1.00 bits per heavy atom. The fraction of sp³-hybridized carbons (Fsp3) is 0.257. The summed E-state index contributed by atoms with van der Waals surface area (Å²) in [6.45, 7) is 5.42. The zero-order valence-corrected chi connectivity index (χ0v) is 28.0. The van der Waals surface area contributed by atoms with Crippen molar-refractivity contribution in [3.8, 4) is 17.2 Å². The number of carbonyl (C=O) groups is 2. The molecule has 0 aliphatic carbocycles. The summed E-state index contributed by atoms with van der Waals surface area (Å²) in [5, 5.41) is 11.1. The average molecular weight is 688 g/mol. The summed E-state index contributed by atoms with van der Waals surface area (Å²) < 4.78 is 29.1. The Labute approximate surface area is 284 Å². The molecule has 0 saturated heterocycles. The molecule has 0 fully saturated rings. The second-order valence-electron chi connectivity index (χ2n) is 10.6. The van der Waals surface area contributed by atoms with Crippen molar-refractivity contribution >= 4 is 35.0 Å². The predicted octanol–water partition coefficient (Wildman–Crippen LogP) is 4.24. The van der Waals surface area contributed by atoms with Crippen LogP contribution < -0.4 is 29.1 Å². The van der Waals surface area contributed by atoms with E-state index >= 15 is 0 Å². The second kappa shape index (κ2) is 15.4. The number of esters is 2. The minimum absolute atomic E-state index is 0.0128. The van der Waals surface area contributed by atoms with E-state index in [1.807, 2.05) is 0 Å². The van der Waals surface area contributed by atoms with E-state index in [1.165, 1.54) is 35.1 Å². The average Bonchev–Trinajstić information content (AvgIpc) is 3.40. The van der Waals surface area contributed by atoms with E-state index in [2.05, 4.69) is 9.73 Å². The van der Waals surface area contributed by atoms with Gasteiger partial charge in [0.05, 0.1) is 47.1 Å². The summed E-state index contributed by atoms with van der Waals surface area (Å²) in [5.41, 5.74) is 2.16. The van der Waals surface area contributed by atoms with Crippen molar-refractivity contribution in [3.05, 3.63) is 124 Å². The molecule has 1 aliphatic heterocycles. The second-order valence-corrected chi connectivity index (χ2v) is 11.6. The SMILES string of the molecule is CCOC(=O)C1=C(C)N=c2s/c(=C\c3ccc(OCc4cccc([N+](=O)[O-])c4)cc3)c(=O)n2[C@@H]1c1ccc(OCC(=O)OC)c(OCC)c1. The molecule has 254 valence electrons. The Kier molecular flexibility index (Phi) is 10.9. The van der Waals surface area contributed by atoms with E-state index < -0.39 is 22.9 Å². The lowest BCUT2D eigenvalue weighted by molar-refractivity contribution is -0.384. The van der Waals surface area contributed by atoms with Gasteiger partial charge < -0.3 is 23.7 Å². The van der Waals surface area contributed by atoms with Crippen LogP contribution in [-0.2, 0) is 25.7 Å². The van der Waals surface area contributed by atoms with Gasteiger partial charge in [-0.05, 0) is 67.8 Å². The lowest BCUT2D eigenvalue weighted by Crippen LogP contribution is -2.40. The number of rotatable bonds is 13. The molecule has 4 aromatic rings. The zero-order valence-electron chi connectivity index (χ0n) is 27.2. The minimum Gasteiger partial charge on any atom is -0.490 e. The number of allylic oxidation sites excluding steroid dienone is 1. The van der Waals surface area contributed by atoms with Gasteiger partial charge in [0.15, 0.2) is 22.9 Å². The van der Waals surface area contributed by atoms with Gasteiger partial charge in [-0.25, -0.2) is 14.6 Å². The van der Waals surface area contributed by atoms with Crippen LogP contribution >= 0.6 is 11.3 Å². The van der Waals surface area contributed by atoms with Gasteiger partial charge in [0.2, 0.25) is 0 Å². The smallest absolute Gasteiger partial charge is 0.343 e. The summed E-state index contributed by atoms with van der Waals surface area (Å²) in [4.78, 5) is 54.7. The molecule has 49 heavy (non-hydrogen) atoms. The molecule has 0 saturated carbocycles. The third kappa shape index (κ3) is 7.87. The number of non-ortho nitro benzene ring substituents is 1. The van der Waals surface area contributed by atoms with Crippen molar-refractivity contribution in [2.75, 3.05) is 26.9 Å². The van der Waals surface area contributed by atoms with Crippen molar-refractivity contribution in [1.82, 2.24) is 4.57 Å². The number of methoxy groups -OCH3 is 1. The van der Waals surface area contributed by atoms with Crippen LogP contribution in [0.2, 0.25) is 0 Å². The number of aromatic nitrogens is 1. The van der Waals surface area contributed by atoms with Gasteiger partial charge in [-0.1, -0.05) is 41.7 Å². The first-order valence-corrected chi connectivity index (χ1v) is 16.1. The van der Waals surface area contributed by atoms with Gasteiger partial charge in [0.25, 0.3) is 11.2 Å². The molecule has 0 unspecified atom stereocenters. The fourth-order valence-electron chi connectivity index (χ4n) is 5.12. The molecule has 1 aliphatic rings. The Hall–Kier alpha value is -5.76. The standard InChI is InChI=1S/C35H33N3O10S/c1-5-45-28-18-24(12-15-27(28)48-20-30(39)44-4)32-31(34(41)46-6-2)21(3)36-35-37(32)33(40)29(49-35)17-22-10-13-26(14-11-22)47-19-23-8-7-9-25(16-23)38(42)43/h7-18,32H,5-6,19-20H2,1-4H3/b29-17-/t32-/m1/s1. The Balaban J connectivity index is 1.49. The number of benzene rings is 3. The van der Waals surface area contributed by atoms with Crippen LogP contribution in [0.5, 0.6) is 17.2 Å². The normalized spacial score (nSPS) is 14.0. The molecule has 13 nitrogen and oxygen atoms in total. The maximum atomic E-state index is 14.1. The van der Waals surface area contributed by atoms with Gasteiger partial charge in [-0.15, -0.1) is 0 Å². The van der Waals surface area contributed by atoms with Crippen LogP contribution in [0.15, 0.2) is 87.8 Å². The molecule has 0 spiro atoms. The van der Waals surface area contributed by atoms with Crippen LogP contribution in [0.4, 0.5) is 5.69 Å². The van der Waals surface area contributed by atoms with E-state index in [4.69, 9.17) is 18.9 Å². The molecule has 1 atom stereocenters. The van der Waals surface area contributed by atoms with Crippen molar-refractivity contribution in [1.29, 1.82) is 0 Å². The lowest BCUT2D eigenvalue weighted by Gasteiger charge is -2.25. The Morgan fingerprint density at radius 3 is 2.47 bits per heavy atom. The van der Waals surface area contributed by atoms with Crippen molar-refractivity contribution < 1.29 is 38.2 Å². The van der Waals surface area contributed by atoms with Crippen LogP contribution in [0, 0.1) is 10.1 Å². The first-order valence-electron chi connectivity index (χ1n) is 15.3. The molecule has 0 radical (unpaired) electrons. The van der Waals surface area contributed by atoms with Gasteiger partial charge in [0.1, 0.15) is 12.4 Å². The number of carbonyl (C=O) groups excluding carboxylic acids is 2. The molecular formula is C35H33N3O10S. The van der Waals surface area contributed by atoms with E-state index in [-0.39, 0.29) is 36.6 Å². The van der Waals surface area contributed by atoms with Crippen LogP contribution in [-0.4, -0.2) is 48.4 Å². The van der Waals surface area contributed by atoms with Crippen molar-refractivity contribution in [2.24, 2.45) is 4.99 Å². The predicted molar refractivity (Wildman–Crippen MR) is 179 cm³/mol. The number of nitro groups is 1. The molecule has 5 rings (SSSR count). The van der Waals surface area contributed by atoms with Gasteiger partial charge >= 0.3 is 11.9 Å². The van der Waals surface area contributed by atoms with Crippen LogP contribution in [0.3, 0.4) is 0 Å². The summed E-state index contributed by atoms with van der Waals surface area (Å²) in [5.74, 6) is -0.0166. The molecule has 2 heterocycles. The number of hydrogen-bond donors (Lipinski definition) is 0. The molecule has 0 N–H and O–H groups in total. The highest BCUT2D eigenvalue weighted by Crippen LogP contribution is 2.36. The van der Waals surface area contributed by atoms with Crippen molar-refractivity contribution in [2.45, 2.75) is 33.4 Å². The third-order valence-corrected chi connectivity index (χ3v) is 8.36. The highest BCUT2D eigenvalue weighted by Gasteiger charge is 2.34. The Morgan fingerprint density at radius 2 is 1.78 bits per heavy atom. The van der Waals surface area contributed by atoms with E-state index in [0.29, 0.717) is 50.0 Å². The van der Waals surface area contributed by atoms with E-state index in [1.54, 1.807) is 81.4 Å². The Bertz CT molecular complexity index is 2100. The fourth-order valence-corrected chi connectivity index (χ4v) is 6.17. The van der Waals surface area contributed by atoms with Gasteiger partial charge in [0, 0.05) is 12.1 Å². The minimum atomic E-state index is -0.893. The number of fused-ring (bicyclic) bond motifs is 1. The highest BCUT2D eigenvalue weighted by atomic mass is 32.1. The molecule has 0 amide bonds. The molecule has 1 aromatic heterocycles. The maximum Gasteiger partial charge on any atom is 0.343 e. The van der Waals surface area contributed by atoms with Gasteiger partial charge in [-0.3, -0.25) is 19.5 Å². The van der Waals surface area contributed by atoms with Crippen LogP contribution in [0.25, 0.3) is 6.08 Å². The molecular weight excluding hydrogens is 654 g/mol. The van der Waals surface area contributed by atoms with Crippen LogP contribution in [0.1, 0.15) is 43.5 Å². The quantitative estimate of drug-likeness (QED) is 0.113. The van der Waals surface area contributed by atoms with Gasteiger partial charge in [-0.2, -0.15) is 0 Å². The molecule has 3 aromatic carbocycles. The van der Waals surface area contributed by atoms with Crippen molar-refractivity contribution in [3.63, 3.8) is 0 Å². The first-order chi connectivity index (χ1) is 23.6. The number of hydrogen-bond acceptors (Lipinski definition) is 12.